The van der Waals surface area contributed by atoms with Crippen LogP contribution in [0.1, 0.15) is 78.1 Å². The van der Waals surface area contributed by atoms with Gasteiger partial charge in [0.05, 0.1) is 11.7 Å². The molecule has 0 radical (unpaired) electrons. The van der Waals surface area contributed by atoms with E-state index in [4.69, 9.17) is 4.74 Å². The first-order chi connectivity index (χ1) is 15.2. The number of rotatable bonds is 2. The lowest BCUT2D eigenvalue weighted by Crippen LogP contribution is -2.62. The fourth-order valence-corrected chi connectivity index (χ4v) is 9.82. The largest absolute Gasteiger partial charge is 0.458 e. The molecule has 2 aliphatic heterocycles. The minimum atomic E-state index is -0.614. The van der Waals surface area contributed by atoms with Crippen molar-refractivity contribution in [3.05, 3.63) is 11.6 Å². The lowest BCUT2D eigenvalue weighted by molar-refractivity contribution is -0.206. The number of nitrogens with zero attached hydrogens (tertiary/aromatic N) is 1. The van der Waals surface area contributed by atoms with Crippen LogP contribution in [0.4, 0.5) is 0 Å². The number of carbonyl (C=O) groups excluding carboxylic acids is 1. The Morgan fingerprint density at radius 2 is 1.88 bits per heavy atom. The zero-order chi connectivity index (χ0) is 22.3. The van der Waals surface area contributed by atoms with Crippen LogP contribution in [0.25, 0.3) is 0 Å². The van der Waals surface area contributed by atoms with Crippen LogP contribution in [0.3, 0.4) is 0 Å². The number of β-amino-alcohol motifs (C(OH)–C–C–N with tert-alkyl or cyclic N) is 1. The van der Waals surface area contributed by atoms with E-state index >= 15 is 0 Å². The molecule has 5 nitrogen and oxygen atoms in total. The van der Waals surface area contributed by atoms with Gasteiger partial charge in [0.1, 0.15) is 6.61 Å². The molecular formula is C27H41NO4. The van der Waals surface area contributed by atoms with Crippen molar-refractivity contribution < 1.29 is 19.7 Å². The van der Waals surface area contributed by atoms with Crippen molar-refractivity contribution in [2.24, 2.45) is 34.5 Å². The summed E-state index contributed by atoms with van der Waals surface area (Å²) in [6.07, 6.45) is 12.8. The van der Waals surface area contributed by atoms with Crippen molar-refractivity contribution in [1.29, 1.82) is 0 Å². The van der Waals surface area contributed by atoms with Crippen molar-refractivity contribution in [2.75, 3.05) is 19.7 Å². The predicted molar refractivity (Wildman–Crippen MR) is 122 cm³/mol. The number of carbonyl (C=O) groups is 1. The number of cyclic esters (lactones) is 1. The monoisotopic (exact) mass is 443 g/mol. The molecule has 5 fully saturated rings. The third-order valence-electron chi connectivity index (χ3n) is 11.7. The topological polar surface area (TPSA) is 70.0 Å². The maximum Gasteiger partial charge on any atom is 0.331 e. The second kappa shape index (κ2) is 7.29. The van der Waals surface area contributed by atoms with E-state index in [1.54, 1.807) is 6.08 Å². The second-order valence-electron chi connectivity index (χ2n) is 12.7. The van der Waals surface area contributed by atoms with Crippen LogP contribution < -0.4 is 0 Å². The summed E-state index contributed by atoms with van der Waals surface area (Å²) in [5, 5.41) is 22.4. The predicted octanol–water partition coefficient (Wildman–Crippen LogP) is 3.68. The van der Waals surface area contributed by atoms with Gasteiger partial charge < -0.3 is 14.9 Å². The Bertz CT molecular complexity index is 826. The fourth-order valence-electron chi connectivity index (χ4n) is 9.82. The van der Waals surface area contributed by atoms with Crippen molar-refractivity contribution in [3.8, 4) is 0 Å². The maximum absolute atomic E-state index is 12.3. The van der Waals surface area contributed by atoms with Crippen LogP contribution in [0.5, 0.6) is 0 Å². The van der Waals surface area contributed by atoms with E-state index in [9.17, 15) is 15.0 Å². The molecule has 0 amide bonds. The van der Waals surface area contributed by atoms with E-state index in [1.807, 2.05) is 0 Å². The lowest BCUT2D eigenvalue weighted by Gasteiger charge is -2.64. The number of esters is 1. The Morgan fingerprint density at radius 3 is 2.59 bits per heavy atom. The summed E-state index contributed by atoms with van der Waals surface area (Å²) < 4.78 is 5.25. The van der Waals surface area contributed by atoms with Gasteiger partial charge in [-0.2, -0.15) is 0 Å². The van der Waals surface area contributed by atoms with Crippen molar-refractivity contribution in [3.63, 3.8) is 0 Å². The molecule has 0 aromatic heterocycles. The third kappa shape index (κ3) is 2.89. The number of likely N-dealkylation sites (tertiary alicyclic amines) is 1. The van der Waals surface area contributed by atoms with Gasteiger partial charge in [0.2, 0.25) is 0 Å². The molecule has 0 aromatic carbocycles. The first kappa shape index (κ1) is 21.6. The first-order valence-electron chi connectivity index (χ1n) is 13.3. The number of aliphatic hydroxyl groups is 2. The van der Waals surface area contributed by atoms with Gasteiger partial charge in [-0.25, -0.2) is 4.79 Å². The van der Waals surface area contributed by atoms with Gasteiger partial charge >= 0.3 is 5.97 Å². The van der Waals surface area contributed by atoms with Crippen LogP contribution in [-0.4, -0.2) is 58.5 Å². The Hall–Kier alpha value is -0.910. The number of aliphatic hydroxyl groups excluding tert-OH is 1. The van der Waals surface area contributed by atoms with Crippen LogP contribution in [-0.2, 0) is 9.53 Å². The molecule has 4 aliphatic carbocycles. The summed E-state index contributed by atoms with van der Waals surface area (Å²) in [4.78, 5) is 14.3. The SMILES string of the molecule is C[C@]12CC[C@H](N3CC[C@H](O)C3)C[C@H]1CC[C@@H]1[C@@H]2CC[C@]2(C)[C@@H](C3=CC(=O)OC3)CC[C@]12O. The summed E-state index contributed by atoms with van der Waals surface area (Å²) in [7, 11) is 0. The summed E-state index contributed by atoms with van der Waals surface area (Å²) in [5.41, 5.74) is 0.704. The number of fused-ring (bicyclic) bond motifs is 5. The average Bonchev–Trinajstić information content (AvgIpc) is 3.45. The Kier molecular flexibility index (Phi) is 4.93. The molecule has 6 rings (SSSR count). The van der Waals surface area contributed by atoms with E-state index in [0.29, 0.717) is 29.9 Å². The number of hydrogen-bond acceptors (Lipinski definition) is 5. The van der Waals surface area contributed by atoms with E-state index in [0.717, 1.165) is 56.7 Å². The van der Waals surface area contributed by atoms with Gasteiger partial charge in [-0.15, -0.1) is 0 Å². The highest BCUT2D eigenvalue weighted by Crippen LogP contribution is 2.70. The molecule has 2 heterocycles. The Morgan fingerprint density at radius 1 is 1.03 bits per heavy atom. The average molecular weight is 444 g/mol. The molecule has 0 unspecified atom stereocenters. The molecule has 6 aliphatic rings. The van der Waals surface area contributed by atoms with Crippen molar-refractivity contribution in [2.45, 2.75) is 95.8 Å². The van der Waals surface area contributed by atoms with E-state index in [-0.39, 0.29) is 23.4 Å². The maximum atomic E-state index is 12.3. The second-order valence-corrected chi connectivity index (χ2v) is 12.7. The van der Waals surface area contributed by atoms with E-state index in [2.05, 4.69) is 18.7 Å². The third-order valence-corrected chi connectivity index (χ3v) is 11.7. The number of hydrogen-bond donors (Lipinski definition) is 2. The normalized spacial score (nSPS) is 53.4. The van der Waals surface area contributed by atoms with Gasteiger partial charge in [0, 0.05) is 30.6 Å². The quantitative estimate of drug-likeness (QED) is 0.637. The molecule has 9 atom stereocenters. The molecule has 1 saturated heterocycles. The van der Waals surface area contributed by atoms with Gasteiger partial charge in [0.15, 0.2) is 0 Å². The Labute approximate surface area is 192 Å². The molecule has 2 N–H and O–H groups in total. The first-order valence-corrected chi connectivity index (χ1v) is 13.3. The number of ether oxygens (including phenoxy) is 1. The summed E-state index contributed by atoms with van der Waals surface area (Å²) in [6, 6.07) is 0.640. The van der Waals surface area contributed by atoms with Crippen molar-refractivity contribution in [1.82, 2.24) is 4.90 Å². The lowest BCUT2D eigenvalue weighted by atomic mass is 9.43. The summed E-state index contributed by atoms with van der Waals surface area (Å²) in [6.45, 7) is 7.21. The smallest absolute Gasteiger partial charge is 0.331 e. The van der Waals surface area contributed by atoms with Crippen LogP contribution >= 0.6 is 0 Å². The molecule has 5 heteroatoms. The molecule has 4 saturated carbocycles. The summed E-state index contributed by atoms with van der Waals surface area (Å²) in [5.74, 6) is 1.81. The molecule has 178 valence electrons. The molecule has 0 bridgehead atoms. The zero-order valence-electron chi connectivity index (χ0n) is 19.9. The minimum absolute atomic E-state index is 0.129. The minimum Gasteiger partial charge on any atom is -0.458 e. The van der Waals surface area contributed by atoms with Gasteiger partial charge in [-0.05, 0) is 98.9 Å². The van der Waals surface area contributed by atoms with Crippen LogP contribution in [0.15, 0.2) is 11.6 Å². The van der Waals surface area contributed by atoms with Crippen molar-refractivity contribution >= 4 is 5.97 Å². The molecule has 0 aromatic rings. The zero-order valence-corrected chi connectivity index (χ0v) is 19.9. The molecule has 0 spiro atoms. The van der Waals surface area contributed by atoms with E-state index < -0.39 is 5.60 Å². The van der Waals surface area contributed by atoms with Gasteiger partial charge in [0.25, 0.3) is 0 Å². The Balaban J connectivity index is 1.23. The highest BCUT2D eigenvalue weighted by molar-refractivity contribution is 5.85. The fraction of sp³-hybridized carbons (Fsp3) is 0.889. The highest BCUT2D eigenvalue weighted by atomic mass is 16.5. The summed E-state index contributed by atoms with van der Waals surface area (Å²) >= 11 is 0. The van der Waals surface area contributed by atoms with Gasteiger partial charge in [-0.3, -0.25) is 4.90 Å². The van der Waals surface area contributed by atoms with Crippen LogP contribution in [0, 0.1) is 34.5 Å². The molecule has 32 heavy (non-hydrogen) atoms. The van der Waals surface area contributed by atoms with Gasteiger partial charge in [-0.1, -0.05) is 13.8 Å². The van der Waals surface area contributed by atoms with Crippen LogP contribution in [0.2, 0.25) is 0 Å². The molecular weight excluding hydrogens is 402 g/mol. The highest BCUT2D eigenvalue weighted by Gasteiger charge is 2.67. The van der Waals surface area contributed by atoms with E-state index in [1.165, 1.54) is 32.1 Å². The standard InChI is InChI=1S/C27H41NO4/c1-25-9-5-19(28-12-8-20(29)15-28)14-18(25)3-4-23-22(25)6-10-26(2)21(7-11-27(23,26)31)17-13-24(30)32-16-17/h13,18-23,29,31H,3-12,14-16H2,1-2H3/t18-,19+,20+,21-,22+,23-,25+,26-,27+/m1/s1.